The van der Waals surface area contributed by atoms with E-state index in [0.717, 1.165) is 25.9 Å². The molecule has 4 heteroatoms. The average Bonchev–Trinajstić information content (AvgIpc) is 3.18. The van der Waals surface area contributed by atoms with Gasteiger partial charge in [-0.2, -0.15) is 0 Å². The highest BCUT2D eigenvalue weighted by molar-refractivity contribution is 6.17. The number of unbranched alkanes of at least 4 members (excludes halogenated alkanes) is 15. The first-order chi connectivity index (χ1) is 14.4. The monoisotopic (exact) mass is 432 g/mol. The quantitative estimate of drug-likeness (QED) is 0.128. The predicted octanol–water partition coefficient (Wildman–Crippen LogP) is 8.03. The van der Waals surface area contributed by atoms with Crippen molar-refractivity contribution in [2.75, 3.05) is 25.7 Å². The smallest absolute Gasteiger partial charge is 0.158 e. The summed E-state index contributed by atoms with van der Waals surface area (Å²) in [6, 6.07) is 0. The Morgan fingerprint density at radius 3 is 1.83 bits per heavy atom. The van der Waals surface area contributed by atoms with Crippen molar-refractivity contribution in [2.45, 2.75) is 135 Å². The van der Waals surface area contributed by atoms with E-state index in [9.17, 15) is 0 Å². The van der Waals surface area contributed by atoms with E-state index in [1.165, 1.54) is 96.3 Å². The molecule has 0 aliphatic carbocycles. The van der Waals surface area contributed by atoms with Gasteiger partial charge in [0.2, 0.25) is 0 Å². The first kappa shape index (κ1) is 27.2. The van der Waals surface area contributed by atoms with Gasteiger partial charge in [0.1, 0.15) is 6.10 Å². The van der Waals surface area contributed by atoms with E-state index in [-0.39, 0.29) is 12.4 Å². The molecule has 29 heavy (non-hydrogen) atoms. The molecular formula is C25H49ClO3. The third-order valence-corrected chi connectivity index (χ3v) is 6.10. The van der Waals surface area contributed by atoms with Crippen molar-refractivity contribution in [3.63, 3.8) is 0 Å². The average molecular weight is 433 g/mol. The lowest BCUT2D eigenvalue weighted by atomic mass is 10.0. The van der Waals surface area contributed by atoms with Gasteiger partial charge in [-0.25, -0.2) is 0 Å². The van der Waals surface area contributed by atoms with Gasteiger partial charge in [-0.15, -0.1) is 11.6 Å². The Morgan fingerprint density at radius 2 is 1.28 bits per heavy atom. The van der Waals surface area contributed by atoms with Crippen LogP contribution in [0.4, 0.5) is 0 Å². The van der Waals surface area contributed by atoms with E-state index in [0.29, 0.717) is 19.1 Å². The molecule has 0 amide bonds. The minimum absolute atomic E-state index is 0.00610. The van der Waals surface area contributed by atoms with Gasteiger partial charge < -0.3 is 14.2 Å². The van der Waals surface area contributed by atoms with Crippen molar-refractivity contribution in [1.82, 2.24) is 0 Å². The zero-order chi connectivity index (χ0) is 20.8. The van der Waals surface area contributed by atoms with Crippen LogP contribution in [-0.2, 0) is 14.2 Å². The SMILES string of the molecule is CCCCCCCCCCCCCCCCC[C@@H]1OC[C@@H](COCCCCCl)O1. The summed E-state index contributed by atoms with van der Waals surface area (Å²) in [4.78, 5) is 0. The van der Waals surface area contributed by atoms with Crippen molar-refractivity contribution in [3.8, 4) is 0 Å². The Kier molecular flexibility index (Phi) is 20.1. The highest BCUT2D eigenvalue weighted by Crippen LogP contribution is 2.19. The van der Waals surface area contributed by atoms with Gasteiger partial charge in [-0.1, -0.05) is 96.8 Å². The molecule has 3 nitrogen and oxygen atoms in total. The molecule has 1 rings (SSSR count). The molecule has 1 heterocycles. The summed E-state index contributed by atoms with van der Waals surface area (Å²) in [5.74, 6) is 0.716. The van der Waals surface area contributed by atoms with Gasteiger partial charge in [0.25, 0.3) is 0 Å². The summed E-state index contributed by atoms with van der Waals surface area (Å²) in [6.07, 6.45) is 24.2. The Balaban J connectivity index is 1.75. The normalized spacial score (nSPS) is 19.2. The van der Waals surface area contributed by atoms with E-state index >= 15 is 0 Å². The van der Waals surface area contributed by atoms with Gasteiger partial charge in [-0.05, 0) is 25.7 Å². The summed E-state index contributed by atoms with van der Waals surface area (Å²) >= 11 is 5.66. The fraction of sp³-hybridized carbons (Fsp3) is 1.00. The number of hydrogen-bond donors (Lipinski definition) is 0. The molecule has 0 radical (unpaired) electrons. The first-order valence-electron chi connectivity index (χ1n) is 12.8. The van der Waals surface area contributed by atoms with Crippen LogP contribution in [0.5, 0.6) is 0 Å². The van der Waals surface area contributed by atoms with Crippen molar-refractivity contribution < 1.29 is 14.2 Å². The summed E-state index contributed by atoms with van der Waals surface area (Å²) in [7, 11) is 0. The second-order valence-corrected chi connectivity index (χ2v) is 9.11. The number of hydrogen-bond acceptors (Lipinski definition) is 3. The molecule has 174 valence electrons. The summed E-state index contributed by atoms with van der Waals surface area (Å²) < 4.78 is 17.3. The first-order valence-corrected chi connectivity index (χ1v) is 13.3. The van der Waals surface area contributed by atoms with Crippen LogP contribution in [0.3, 0.4) is 0 Å². The second-order valence-electron chi connectivity index (χ2n) is 8.73. The molecule has 0 unspecified atom stereocenters. The van der Waals surface area contributed by atoms with Crippen molar-refractivity contribution in [3.05, 3.63) is 0 Å². The highest BCUT2D eigenvalue weighted by Gasteiger charge is 2.25. The lowest BCUT2D eigenvalue weighted by Gasteiger charge is -2.11. The van der Waals surface area contributed by atoms with E-state index in [1.807, 2.05) is 0 Å². The van der Waals surface area contributed by atoms with Crippen LogP contribution in [0, 0.1) is 0 Å². The molecule has 0 spiro atoms. The molecule has 2 atom stereocenters. The van der Waals surface area contributed by atoms with Gasteiger partial charge in [-0.3, -0.25) is 0 Å². The molecule has 1 aliphatic rings. The maximum Gasteiger partial charge on any atom is 0.158 e. The lowest BCUT2D eigenvalue weighted by molar-refractivity contribution is -0.0760. The number of rotatable bonds is 22. The third kappa shape index (κ3) is 17.5. The summed E-state index contributed by atoms with van der Waals surface area (Å²) in [6.45, 7) is 4.39. The number of halogens is 1. The Labute approximate surface area is 186 Å². The number of ether oxygens (including phenoxy) is 3. The summed E-state index contributed by atoms with van der Waals surface area (Å²) in [5, 5.41) is 0. The Bertz CT molecular complexity index is 327. The maximum atomic E-state index is 5.91. The van der Waals surface area contributed by atoms with Crippen LogP contribution < -0.4 is 0 Å². The number of alkyl halides is 1. The third-order valence-electron chi connectivity index (χ3n) is 5.83. The molecule has 1 aliphatic heterocycles. The Hall–Kier alpha value is 0.170. The van der Waals surface area contributed by atoms with Crippen molar-refractivity contribution >= 4 is 11.6 Å². The lowest BCUT2D eigenvalue weighted by Crippen LogP contribution is -2.19. The molecule has 1 saturated heterocycles. The van der Waals surface area contributed by atoms with E-state index < -0.39 is 0 Å². The molecule has 0 saturated carbocycles. The standard InChI is InChI=1S/C25H49ClO3/c1-2-3-4-5-6-7-8-9-10-11-12-13-14-15-16-19-25-28-23-24(29-25)22-27-21-18-17-20-26/h24-25H,2-23H2,1H3/t24-,25-/m1/s1. The van der Waals surface area contributed by atoms with Crippen LogP contribution in [0.2, 0.25) is 0 Å². The molecule has 0 aromatic carbocycles. The van der Waals surface area contributed by atoms with Gasteiger partial charge >= 0.3 is 0 Å². The second kappa shape index (κ2) is 21.4. The van der Waals surface area contributed by atoms with Gasteiger partial charge in [0.15, 0.2) is 6.29 Å². The van der Waals surface area contributed by atoms with Crippen LogP contribution in [0.25, 0.3) is 0 Å². The summed E-state index contributed by atoms with van der Waals surface area (Å²) in [5.41, 5.74) is 0. The molecular weight excluding hydrogens is 384 g/mol. The van der Waals surface area contributed by atoms with Crippen LogP contribution in [-0.4, -0.2) is 38.1 Å². The van der Waals surface area contributed by atoms with Crippen molar-refractivity contribution in [1.29, 1.82) is 0 Å². The maximum absolute atomic E-state index is 5.91. The molecule has 1 fully saturated rings. The minimum atomic E-state index is -0.00610. The van der Waals surface area contributed by atoms with E-state index in [1.54, 1.807) is 0 Å². The molecule has 0 N–H and O–H groups in total. The topological polar surface area (TPSA) is 27.7 Å². The molecule has 0 bridgehead atoms. The predicted molar refractivity (Wildman–Crippen MR) is 125 cm³/mol. The zero-order valence-corrected chi connectivity index (χ0v) is 20.1. The Morgan fingerprint density at radius 1 is 0.724 bits per heavy atom. The van der Waals surface area contributed by atoms with Crippen LogP contribution in [0.1, 0.15) is 122 Å². The molecule has 0 aromatic rings. The van der Waals surface area contributed by atoms with Gasteiger partial charge in [0, 0.05) is 12.5 Å². The fourth-order valence-electron chi connectivity index (χ4n) is 3.94. The fourth-order valence-corrected chi connectivity index (χ4v) is 4.13. The minimum Gasteiger partial charge on any atom is -0.379 e. The van der Waals surface area contributed by atoms with E-state index in [4.69, 9.17) is 25.8 Å². The van der Waals surface area contributed by atoms with Crippen LogP contribution in [0.15, 0.2) is 0 Å². The molecule has 0 aromatic heterocycles. The zero-order valence-electron chi connectivity index (χ0n) is 19.3. The van der Waals surface area contributed by atoms with Gasteiger partial charge in [0.05, 0.1) is 13.2 Å². The highest BCUT2D eigenvalue weighted by atomic mass is 35.5. The largest absolute Gasteiger partial charge is 0.379 e. The van der Waals surface area contributed by atoms with Crippen molar-refractivity contribution in [2.24, 2.45) is 0 Å². The van der Waals surface area contributed by atoms with Crippen LogP contribution >= 0.6 is 11.6 Å². The van der Waals surface area contributed by atoms with E-state index in [2.05, 4.69) is 6.92 Å².